The van der Waals surface area contributed by atoms with Crippen molar-refractivity contribution in [2.75, 3.05) is 13.6 Å². The molecule has 0 atom stereocenters. The fraction of sp³-hybridized carbons (Fsp3) is 0.211. The smallest absolute Gasteiger partial charge is 0.146 e. The molecule has 0 N–H and O–H groups in total. The van der Waals surface area contributed by atoms with E-state index in [9.17, 15) is 0 Å². The molecule has 2 aromatic rings. The largest absolute Gasteiger partial charge is 0.323 e. The Kier molecular flexibility index (Phi) is 3.38. The van der Waals surface area contributed by atoms with Gasteiger partial charge >= 0.3 is 0 Å². The third kappa shape index (κ3) is 2.30. The Morgan fingerprint density at radius 2 is 2.14 bits per heavy atom. The molecule has 0 bridgehead atoms. The minimum atomic E-state index is 1.03. The van der Waals surface area contributed by atoms with E-state index in [-0.39, 0.29) is 0 Å². The lowest BCUT2D eigenvalue weighted by Gasteiger charge is -2.18. The van der Waals surface area contributed by atoms with Crippen molar-refractivity contribution in [1.29, 1.82) is 0 Å². The highest BCUT2D eigenvalue weighted by atomic mass is 79.9. The van der Waals surface area contributed by atoms with E-state index >= 15 is 0 Å². The summed E-state index contributed by atoms with van der Waals surface area (Å²) in [6.45, 7) is 1.09. The number of rotatable bonds is 0. The maximum atomic E-state index is 3.64. The first kappa shape index (κ1) is 13.8. The van der Waals surface area contributed by atoms with Crippen molar-refractivity contribution in [2.45, 2.75) is 12.8 Å². The Morgan fingerprint density at radius 1 is 1.23 bits per heavy atom. The van der Waals surface area contributed by atoms with Crippen LogP contribution in [0.1, 0.15) is 29.7 Å². The molecule has 0 fully saturated rings. The molecular weight excluding hydrogens is 336 g/mol. The zero-order valence-corrected chi connectivity index (χ0v) is 14.2. The number of fused-ring (bicyclic) bond motifs is 2. The Labute approximate surface area is 139 Å². The molecule has 1 aromatic carbocycles. The maximum Gasteiger partial charge on any atom is 0.146 e. The van der Waals surface area contributed by atoms with Crippen LogP contribution < -0.4 is 0 Å². The summed E-state index contributed by atoms with van der Waals surface area (Å²) in [5.74, 6) is 0. The molecule has 0 saturated heterocycles. The number of nitrogens with zero attached hydrogens (tertiary/aromatic N) is 2. The van der Waals surface area contributed by atoms with Crippen LogP contribution in [0.5, 0.6) is 0 Å². The van der Waals surface area contributed by atoms with Crippen molar-refractivity contribution in [1.82, 2.24) is 4.57 Å². The molecule has 0 amide bonds. The Hall–Kier alpha value is -1.87. The summed E-state index contributed by atoms with van der Waals surface area (Å²) in [6.07, 6.45) is 11.0. The predicted octanol–water partition coefficient (Wildman–Crippen LogP) is 4.50. The Morgan fingerprint density at radius 3 is 2.95 bits per heavy atom. The summed E-state index contributed by atoms with van der Waals surface area (Å²) in [6, 6.07) is 10.9. The average Bonchev–Trinajstić information content (AvgIpc) is 2.91. The highest BCUT2D eigenvalue weighted by Crippen LogP contribution is 2.37. The molecule has 110 valence electrons. The van der Waals surface area contributed by atoms with Crippen LogP contribution in [0.2, 0.25) is 0 Å². The molecule has 0 aliphatic carbocycles. The van der Waals surface area contributed by atoms with Crippen molar-refractivity contribution in [2.24, 2.45) is 0 Å². The second-order valence-electron chi connectivity index (χ2n) is 5.94. The molecule has 0 saturated carbocycles. The van der Waals surface area contributed by atoms with E-state index in [0.29, 0.717) is 0 Å². The molecule has 3 heteroatoms. The zero-order chi connectivity index (χ0) is 15.1. The first-order chi connectivity index (χ1) is 10.7. The third-order valence-electron chi connectivity index (χ3n) is 4.50. The van der Waals surface area contributed by atoms with Gasteiger partial charge in [-0.3, -0.25) is 0 Å². The van der Waals surface area contributed by atoms with Crippen LogP contribution in [0, 0.1) is 0 Å². The van der Waals surface area contributed by atoms with E-state index in [2.05, 4.69) is 87.1 Å². The van der Waals surface area contributed by atoms with Gasteiger partial charge in [-0.05, 0) is 47.0 Å². The topological polar surface area (TPSA) is 7.94 Å². The highest BCUT2D eigenvalue weighted by molar-refractivity contribution is 9.10. The van der Waals surface area contributed by atoms with Crippen molar-refractivity contribution in [3.63, 3.8) is 0 Å². The van der Waals surface area contributed by atoms with Crippen LogP contribution >= 0.6 is 15.9 Å². The van der Waals surface area contributed by atoms with Crippen LogP contribution in [0.15, 0.2) is 46.6 Å². The molecule has 22 heavy (non-hydrogen) atoms. The van der Waals surface area contributed by atoms with Crippen molar-refractivity contribution < 1.29 is 4.58 Å². The van der Waals surface area contributed by atoms with E-state index in [1.807, 2.05) is 0 Å². The van der Waals surface area contributed by atoms with E-state index in [1.165, 1.54) is 28.0 Å². The minimum absolute atomic E-state index is 1.03. The van der Waals surface area contributed by atoms with Gasteiger partial charge in [0.2, 0.25) is 0 Å². The lowest BCUT2D eigenvalue weighted by Crippen LogP contribution is -2.17. The van der Waals surface area contributed by atoms with Gasteiger partial charge in [0.1, 0.15) is 19.8 Å². The maximum absolute atomic E-state index is 3.64. The van der Waals surface area contributed by atoms with Gasteiger partial charge < -0.3 is 4.57 Å². The van der Waals surface area contributed by atoms with Gasteiger partial charge in [-0.25, -0.2) is 4.58 Å². The van der Waals surface area contributed by atoms with Gasteiger partial charge in [0, 0.05) is 35.3 Å². The fourth-order valence-electron chi connectivity index (χ4n) is 3.29. The fourth-order valence-corrected chi connectivity index (χ4v) is 3.66. The average molecular weight is 354 g/mol. The molecule has 0 spiro atoms. The summed E-state index contributed by atoms with van der Waals surface area (Å²) in [5, 5.41) is 0. The summed E-state index contributed by atoms with van der Waals surface area (Å²) in [4.78, 5) is 0. The lowest BCUT2D eigenvalue weighted by atomic mass is 9.90. The van der Waals surface area contributed by atoms with Gasteiger partial charge in [-0.2, -0.15) is 0 Å². The van der Waals surface area contributed by atoms with Gasteiger partial charge in [0.25, 0.3) is 0 Å². The van der Waals surface area contributed by atoms with Crippen molar-refractivity contribution in [3.8, 4) is 0 Å². The third-order valence-corrected chi connectivity index (χ3v) is 5.00. The van der Waals surface area contributed by atoms with Crippen LogP contribution in [0.25, 0.3) is 17.8 Å². The molecule has 3 heterocycles. The monoisotopic (exact) mass is 353 g/mol. The first-order valence-corrected chi connectivity index (χ1v) is 8.42. The summed E-state index contributed by atoms with van der Waals surface area (Å²) < 4.78 is 5.66. The summed E-state index contributed by atoms with van der Waals surface area (Å²) in [7, 11) is 2.16. The number of benzene rings is 1. The van der Waals surface area contributed by atoms with Crippen LogP contribution in [-0.4, -0.2) is 28.9 Å². The van der Waals surface area contributed by atoms with Crippen LogP contribution in [0.4, 0.5) is 0 Å². The molecule has 0 radical (unpaired) electrons. The van der Waals surface area contributed by atoms with E-state index < -0.39 is 0 Å². The molecule has 2 nitrogen and oxygen atoms in total. The first-order valence-electron chi connectivity index (χ1n) is 7.63. The SMILES string of the molecule is C[N+]1=CCC(=C2c3cc(Br)ccc3C=Cn3cccc32)CC1. The van der Waals surface area contributed by atoms with Crippen LogP contribution in [-0.2, 0) is 0 Å². The van der Waals surface area contributed by atoms with Gasteiger partial charge in [-0.1, -0.05) is 22.0 Å². The second-order valence-corrected chi connectivity index (χ2v) is 6.86. The number of aromatic nitrogens is 1. The zero-order valence-electron chi connectivity index (χ0n) is 12.6. The minimum Gasteiger partial charge on any atom is -0.323 e. The molecule has 2 aliphatic heterocycles. The second kappa shape index (κ2) is 5.40. The van der Waals surface area contributed by atoms with E-state index in [0.717, 1.165) is 23.9 Å². The Bertz CT molecular complexity index is 837. The van der Waals surface area contributed by atoms with Gasteiger partial charge in [0.15, 0.2) is 0 Å². The summed E-state index contributed by atoms with van der Waals surface area (Å²) >= 11 is 3.64. The van der Waals surface area contributed by atoms with Gasteiger partial charge in [-0.15, -0.1) is 0 Å². The van der Waals surface area contributed by atoms with Gasteiger partial charge in [0.05, 0.1) is 5.69 Å². The Balaban J connectivity index is 2.00. The molecule has 4 rings (SSSR count). The summed E-state index contributed by atoms with van der Waals surface area (Å²) in [5.41, 5.74) is 6.84. The van der Waals surface area contributed by atoms with E-state index in [4.69, 9.17) is 0 Å². The van der Waals surface area contributed by atoms with Crippen molar-refractivity contribution >= 4 is 40.0 Å². The number of halogens is 1. The standard InChI is InChI=1S/C19H18BrN2/c1-21-10-6-15(7-11-21)19-17-13-16(20)5-4-14(17)8-12-22-9-2-3-18(19)22/h2-5,8-10,12-13H,6-7,11H2,1H3/q+1. The molecule has 0 unspecified atom stereocenters. The van der Waals surface area contributed by atoms with Crippen molar-refractivity contribution in [3.05, 3.63) is 63.4 Å². The lowest BCUT2D eigenvalue weighted by molar-refractivity contribution is -0.495. The predicted molar refractivity (Wildman–Crippen MR) is 96.2 cm³/mol. The number of hydrogen-bond acceptors (Lipinski definition) is 0. The normalized spacial score (nSPS) is 20.2. The quantitative estimate of drug-likeness (QED) is 0.525. The number of hydrogen-bond donors (Lipinski definition) is 0. The van der Waals surface area contributed by atoms with Crippen LogP contribution in [0.3, 0.4) is 0 Å². The molecule has 2 aliphatic rings. The molecule has 1 aromatic heterocycles. The highest BCUT2D eigenvalue weighted by Gasteiger charge is 2.22. The van der Waals surface area contributed by atoms with E-state index in [1.54, 1.807) is 0 Å². The molecular formula is C19H18BrN2+.